The first-order valence-electron chi connectivity index (χ1n) is 13.6. The summed E-state index contributed by atoms with van der Waals surface area (Å²) in [5.41, 5.74) is 4.54. The van der Waals surface area contributed by atoms with Gasteiger partial charge in [0.25, 0.3) is 11.8 Å². The van der Waals surface area contributed by atoms with Gasteiger partial charge in [0.05, 0.1) is 22.5 Å². The average molecular weight is 676 g/mol. The van der Waals surface area contributed by atoms with Crippen LogP contribution in [0.2, 0.25) is 5.02 Å². The molecule has 43 heavy (non-hydrogen) atoms. The molecule has 218 valence electrons. The Balaban J connectivity index is 1.57. The number of amides is 2. The van der Waals surface area contributed by atoms with Gasteiger partial charge in [-0.05, 0) is 103 Å². The molecule has 1 aliphatic rings. The highest BCUT2D eigenvalue weighted by molar-refractivity contribution is 9.10. The van der Waals surface area contributed by atoms with Crippen molar-refractivity contribution in [1.82, 2.24) is 0 Å². The van der Waals surface area contributed by atoms with Crippen molar-refractivity contribution in [3.05, 3.63) is 122 Å². The number of benzene rings is 4. The predicted molar refractivity (Wildman–Crippen MR) is 179 cm³/mol. The van der Waals surface area contributed by atoms with Crippen molar-refractivity contribution in [2.45, 2.75) is 27.4 Å². The Morgan fingerprint density at radius 1 is 0.837 bits per heavy atom. The second-order valence-corrected chi connectivity index (χ2v) is 11.6. The van der Waals surface area contributed by atoms with Crippen LogP contribution in [0.3, 0.4) is 0 Å². The van der Waals surface area contributed by atoms with Gasteiger partial charge in [-0.15, -0.1) is 0 Å². The maximum absolute atomic E-state index is 14.0. The molecule has 4 aromatic carbocycles. The highest BCUT2D eigenvalue weighted by Crippen LogP contribution is 2.39. The largest absolute Gasteiger partial charge is 0.490 e. The van der Waals surface area contributed by atoms with Crippen molar-refractivity contribution in [2.24, 2.45) is 0 Å². The topological polar surface area (TPSA) is 59.1 Å². The second kappa shape index (κ2) is 13.1. The van der Waals surface area contributed by atoms with Crippen LogP contribution in [0.1, 0.15) is 29.2 Å². The molecule has 0 radical (unpaired) electrons. The van der Waals surface area contributed by atoms with Crippen molar-refractivity contribution in [3.8, 4) is 11.5 Å². The van der Waals surface area contributed by atoms with Crippen LogP contribution in [0, 0.1) is 13.8 Å². The van der Waals surface area contributed by atoms with E-state index in [0.717, 1.165) is 16.7 Å². The Labute approximate surface area is 269 Å². The number of aryl methyl sites for hydroxylation is 2. The Kier molecular flexibility index (Phi) is 9.30. The molecular weight excluding hydrogens is 648 g/mol. The zero-order chi connectivity index (χ0) is 30.7. The molecule has 0 spiro atoms. The standard InChI is InChI=1S/C34H28BrClN2O4S/c1-4-41-30-19-23(18-28(35)31(30)42-20-24-7-5-6-8-29(24)36)17-27-32(39)37(25-13-9-21(2)10-14-25)34(43)38(33(27)40)26-15-11-22(3)12-16-26/h5-19H,4,20H2,1-3H3. The summed E-state index contributed by atoms with van der Waals surface area (Å²) < 4.78 is 12.6. The average Bonchev–Trinajstić information content (AvgIpc) is 2.98. The minimum Gasteiger partial charge on any atom is -0.490 e. The lowest BCUT2D eigenvalue weighted by Crippen LogP contribution is -2.56. The van der Waals surface area contributed by atoms with Crippen molar-refractivity contribution >= 4 is 74.1 Å². The summed E-state index contributed by atoms with van der Waals surface area (Å²) in [6.45, 7) is 6.39. The number of rotatable bonds is 8. The Morgan fingerprint density at radius 2 is 1.40 bits per heavy atom. The lowest BCUT2D eigenvalue weighted by atomic mass is 10.0. The highest BCUT2D eigenvalue weighted by Gasteiger charge is 2.41. The predicted octanol–water partition coefficient (Wildman–Crippen LogP) is 8.45. The fourth-order valence-electron chi connectivity index (χ4n) is 4.58. The Hall–Kier alpha value is -3.98. The smallest absolute Gasteiger partial charge is 0.270 e. The van der Waals surface area contributed by atoms with Gasteiger partial charge in [-0.2, -0.15) is 0 Å². The number of carbonyl (C=O) groups excluding carboxylic acids is 2. The summed E-state index contributed by atoms with van der Waals surface area (Å²) in [6.07, 6.45) is 1.56. The summed E-state index contributed by atoms with van der Waals surface area (Å²) >= 11 is 15.7. The van der Waals surface area contributed by atoms with E-state index in [1.165, 1.54) is 9.80 Å². The van der Waals surface area contributed by atoms with Gasteiger partial charge in [-0.3, -0.25) is 19.4 Å². The third-order valence-corrected chi connectivity index (χ3v) is 8.13. The molecule has 6 nitrogen and oxygen atoms in total. The lowest BCUT2D eigenvalue weighted by molar-refractivity contribution is -0.120. The number of hydrogen-bond donors (Lipinski definition) is 0. The summed E-state index contributed by atoms with van der Waals surface area (Å²) in [4.78, 5) is 30.7. The van der Waals surface area contributed by atoms with Crippen LogP contribution in [-0.2, 0) is 16.2 Å². The van der Waals surface area contributed by atoms with Crippen LogP contribution in [0.5, 0.6) is 11.5 Å². The van der Waals surface area contributed by atoms with E-state index in [-0.39, 0.29) is 17.3 Å². The fourth-order valence-corrected chi connectivity index (χ4v) is 5.72. The molecule has 2 amide bonds. The molecule has 5 rings (SSSR count). The first kappa shape index (κ1) is 30.5. The fraction of sp³-hybridized carbons (Fsp3) is 0.147. The van der Waals surface area contributed by atoms with Gasteiger partial charge in [-0.25, -0.2) is 0 Å². The van der Waals surface area contributed by atoms with Crippen molar-refractivity contribution in [1.29, 1.82) is 0 Å². The minimum absolute atomic E-state index is 0.0474. The van der Waals surface area contributed by atoms with E-state index in [4.69, 9.17) is 33.3 Å². The van der Waals surface area contributed by atoms with Gasteiger partial charge in [0.15, 0.2) is 16.6 Å². The van der Waals surface area contributed by atoms with Gasteiger partial charge < -0.3 is 9.47 Å². The maximum atomic E-state index is 14.0. The van der Waals surface area contributed by atoms with Crippen LogP contribution in [-0.4, -0.2) is 23.5 Å². The zero-order valence-corrected chi connectivity index (χ0v) is 26.9. The summed E-state index contributed by atoms with van der Waals surface area (Å²) in [6, 6.07) is 25.8. The summed E-state index contributed by atoms with van der Waals surface area (Å²) in [5.74, 6) is -0.104. The number of nitrogens with zero attached hydrogens (tertiary/aromatic N) is 2. The number of carbonyl (C=O) groups is 2. The molecule has 0 saturated carbocycles. The zero-order valence-electron chi connectivity index (χ0n) is 23.8. The first-order valence-corrected chi connectivity index (χ1v) is 15.2. The van der Waals surface area contributed by atoms with Crippen LogP contribution >= 0.6 is 39.7 Å². The van der Waals surface area contributed by atoms with Gasteiger partial charge in [0.1, 0.15) is 12.2 Å². The van der Waals surface area contributed by atoms with Crippen molar-refractivity contribution in [3.63, 3.8) is 0 Å². The second-order valence-electron chi connectivity index (χ2n) is 9.94. The molecule has 4 aromatic rings. The maximum Gasteiger partial charge on any atom is 0.270 e. The van der Waals surface area contributed by atoms with E-state index in [0.29, 0.717) is 44.5 Å². The van der Waals surface area contributed by atoms with Gasteiger partial charge in [0, 0.05) is 10.6 Å². The molecule has 9 heteroatoms. The summed E-state index contributed by atoms with van der Waals surface area (Å²) in [5, 5.41) is 0.681. The van der Waals surface area contributed by atoms with E-state index < -0.39 is 11.8 Å². The molecule has 1 saturated heterocycles. The molecule has 0 aliphatic carbocycles. The number of thiocarbonyl (C=S) groups is 1. The number of hydrogen-bond acceptors (Lipinski definition) is 5. The quantitative estimate of drug-likeness (QED) is 0.107. The normalized spacial score (nSPS) is 13.4. The minimum atomic E-state index is -0.518. The molecule has 0 unspecified atom stereocenters. The third-order valence-electron chi connectivity index (χ3n) is 6.81. The highest BCUT2D eigenvalue weighted by atomic mass is 79.9. The number of halogens is 2. The van der Waals surface area contributed by atoms with E-state index >= 15 is 0 Å². The molecule has 1 fully saturated rings. The van der Waals surface area contributed by atoms with E-state index in [1.807, 2.05) is 87.5 Å². The Bertz CT molecular complexity index is 1670. The van der Waals surface area contributed by atoms with Crippen LogP contribution in [0.15, 0.2) is 95.0 Å². The Morgan fingerprint density at radius 3 is 1.93 bits per heavy atom. The van der Waals surface area contributed by atoms with Crippen LogP contribution in [0.25, 0.3) is 6.08 Å². The van der Waals surface area contributed by atoms with E-state index in [2.05, 4.69) is 15.9 Å². The molecule has 0 bridgehead atoms. The van der Waals surface area contributed by atoms with E-state index in [1.54, 1.807) is 24.3 Å². The first-order chi connectivity index (χ1) is 20.7. The SMILES string of the molecule is CCOc1cc(C=C2C(=O)N(c3ccc(C)cc3)C(=S)N(c3ccc(C)cc3)C2=O)cc(Br)c1OCc1ccccc1Cl. The molecule has 1 heterocycles. The monoisotopic (exact) mass is 674 g/mol. The lowest BCUT2D eigenvalue weighted by Gasteiger charge is -2.36. The third kappa shape index (κ3) is 6.51. The van der Waals surface area contributed by atoms with Crippen molar-refractivity contribution < 1.29 is 19.1 Å². The summed E-state index contributed by atoms with van der Waals surface area (Å²) in [7, 11) is 0. The van der Waals surface area contributed by atoms with E-state index in [9.17, 15) is 9.59 Å². The molecule has 0 N–H and O–H groups in total. The number of anilines is 2. The molecule has 0 atom stereocenters. The van der Waals surface area contributed by atoms with Crippen LogP contribution in [0.4, 0.5) is 11.4 Å². The van der Waals surface area contributed by atoms with Gasteiger partial charge in [-0.1, -0.05) is 65.2 Å². The van der Waals surface area contributed by atoms with Gasteiger partial charge >= 0.3 is 0 Å². The van der Waals surface area contributed by atoms with Crippen LogP contribution < -0.4 is 19.3 Å². The molecular formula is C34H28BrClN2O4S. The number of ether oxygens (including phenoxy) is 2. The molecule has 0 aromatic heterocycles. The van der Waals surface area contributed by atoms with Gasteiger partial charge in [0.2, 0.25) is 0 Å². The van der Waals surface area contributed by atoms with Crippen molar-refractivity contribution in [2.75, 3.05) is 16.4 Å². The molecule has 1 aliphatic heterocycles.